The van der Waals surface area contributed by atoms with E-state index in [1.807, 2.05) is 48.6 Å². The third kappa shape index (κ3) is 51.1. The fraction of sp³-hybridized carbons (Fsp3) is 0.500. The van der Waals surface area contributed by atoms with Gasteiger partial charge in [-0.05, 0) is 77.0 Å². The molecule has 0 aromatic carbocycles. The van der Waals surface area contributed by atoms with E-state index in [2.05, 4.69) is 50.6 Å². The number of hydrogen-bond acceptors (Lipinski definition) is 12. The first-order valence-corrected chi connectivity index (χ1v) is 20.8. The van der Waals surface area contributed by atoms with Crippen molar-refractivity contribution in [3.8, 4) is 0 Å². The average molecular weight is 841 g/mol. The lowest BCUT2D eigenvalue weighted by atomic mass is 10.2. The highest BCUT2D eigenvalue weighted by atomic mass is 16.6. The zero-order valence-corrected chi connectivity index (χ0v) is 35.9. The zero-order valence-electron chi connectivity index (χ0n) is 35.9. The number of carbonyl (C=O) groups excluding carboxylic acids is 4. The summed E-state index contributed by atoms with van der Waals surface area (Å²) in [4.78, 5) is 46.0. The van der Waals surface area contributed by atoms with Crippen LogP contribution in [0.25, 0.3) is 0 Å². The van der Waals surface area contributed by atoms with E-state index in [1.54, 1.807) is 0 Å². The van der Waals surface area contributed by atoms with Crippen molar-refractivity contribution in [3.63, 3.8) is 0 Å². The van der Waals surface area contributed by atoms with Crippen molar-refractivity contribution in [1.82, 2.24) is 0 Å². The van der Waals surface area contributed by atoms with Gasteiger partial charge in [-0.25, -0.2) is 19.2 Å². The first-order chi connectivity index (χ1) is 29.4. The van der Waals surface area contributed by atoms with Crippen LogP contribution in [0.1, 0.15) is 77.0 Å². The van der Waals surface area contributed by atoms with Crippen molar-refractivity contribution >= 4 is 23.9 Å². The van der Waals surface area contributed by atoms with E-state index >= 15 is 0 Å². The Balaban J connectivity index is 0. The van der Waals surface area contributed by atoms with Crippen LogP contribution in [-0.4, -0.2) is 103 Å². The number of esters is 4. The van der Waals surface area contributed by atoms with E-state index in [1.165, 1.54) is 0 Å². The van der Waals surface area contributed by atoms with Gasteiger partial charge in [-0.15, -0.1) is 26.3 Å². The van der Waals surface area contributed by atoms with Crippen molar-refractivity contribution in [1.29, 1.82) is 0 Å². The van der Waals surface area contributed by atoms with Gasteiger partial charge < -0.3 is 37.9 Å². The molecule has 0 aromatic heterocycles. The highest BCUT2D eigenvalue weighted by Gasteiger charge is 2.02. The van der Waals surface area contributed by atoms with Gasteiger partial charge in [0.25, 0.3) is 0 Å². The van der Waals surface area contributed by atoms with Gasteiger partial charge in [-0.1, -0.05) is 72.9 Å². The molecule has 0 aliphatic heterocycles. The van der Waals surface area contributed by atoms with Crippen molar-refractivity contribution in [2.45, 2.75) is 77.0 Å². The van der Waals surface area contributed by atoms with E-state index in [4.69, 9.17) is 37.9 Å². The maximum atomic E-state index is 11.5. The van der Waals surface area contributed by atoms with Gasteiger partial charge in [0.2, 0.25) is 0 Å². The molecule has 0 unspecified atom stereocenters. The minimum Gasteiger partial charge on any atom is -0.460 e. The van der Waals surface area contributed by atoms with Crippen molar-refractivity contribution in [2.24, 2.45) is 0 Å². The molecule has 0 saturated carbocycles. The molecule has 0 saturated heterocycles. The summed E-state index contributed by atoms with van der Waals surface area (Å²) in [7, 11) is 0. The van der Waals surface area contributed by atoms with Gasteiger partial charge >= 0.3 is 23.9 Å². The van der Waals surface area contributed by atoms with Crippen molar-refractivity contribution in [2.75, 3.05) is 79.3 Å². The Hall–Kier alpha value is -4.88. The van der Waals surface area contributed by atoms with Gasteiger partial charge in [0, 0.05) is 24.3 Å². The fourth-order valence-electron chi connectivity index (χ4n) is 4.14. The summed E-state index contributed by atoms with van der Waals surface area (Å²) in [5.41, 5.74) is 0. The van der Waals surface area contributed by atoms with Gasteiger partial charge in [0.15, 0.2) is 0 Å². The first-order valence-electron chi connectivity index (χ1n) is 20.8. The molecule has 0 aliphatic rings. The largest absolute Gasteiger partial charge is 0.460 e. The normalized spacial score (nSPS) is 11.3. The molecule has 0 radical (unpaired) electrons. The number of hydrogen-bond donors (Lipinski definition) is 0. The second kappa shape index (κ2) is 50.3. The molecule has 0 rings (SSSR count). The topological polar surface area (TPSA) is 142 Å². The van der Waals surface area contributed by atoms with Gasteiger partial charge in [0.1, 0.15) is 26.4 Å². The second-order valence-electron chi connectivity index (χ2n) is 12.4. The number of unbranched alkanes of at least 4 members (excludes halogenated alkanes) is 8. The molecule has 0 aromatic rings. The molecule has 0 amide bonds. The van der Waals surface area contributed by atoms with Crippen LogP contribution in [0, 0.1) is 0 Å². The minimum atomic E-state index is -0.617. The standard InChI is InChI=1S/2C24H36O6/c2*1-3-5-7-9-11-13-17-27-19-21-29-23(25)15-16-24(26)30-22-20-28-18-14-12-10-8-6-4-2/h2*3-4,11-16H,1-2,5-10,17-22H2/b13-11?,14-12?,16-15+;13-11?,14-12?,16-15-. The minimum absolute atomic E-state index is 0.122. The molecule has 0 fully saturated rings. The Morgan fingerprint density at radius 2 is 0.517 bits per heavy atom. The number of rotatable bonds is 40. The zero-order chi connectivity index (χ0) is 44.3. The summed E-state index contributed by atoms with van der Waals surface area (Å²) < 4.78 is 40.9. The lowest BCUT2D eigenvalue weighted by Gasteiger charge is -2.03. The Morgan fingerprint density at radius 3 is 0.717 bits per heavy atom. The Labute approximate surface area is 360 Å². The number of ether oxygens (including phenoxy) is 8. The third-order valence-corrected chi connectivity index (χ3v) is 7.24. The SMILES string of the molecule is C=CCCCC=CCOCCOC(=O)/C=C/C(=O)OCCOCC=CCCCC=C.C=CCCCC=CCOCCOC(=O)/C=C\C(=O)OCCOCC=CCCCC=C. The Morgan fingerprint density at radius 1 is 0.300 bits per heavy atom. The maximum absolute atomic E-state index is 11.5. The molecule has 336 valence electrons. The van der Waals surface area contributed by atoms with E-state index in [9.17, 15) is 19.2 Å². The number of carbonyl (C=O) groups is 4. The Bertz CT molecular complexity index is 1100. The third-order valence-electron chi connectivity index (χ3n) is 7.24. The fourth-order valence-corrected chi connectivity index (χ4v) is 4.14. The molecule has 0 N–H and O–H groups in total. The molecule has 12 heteroatoms. The highest BCUT2D eigenvalue weighted by molar-refractivity contribution is 5.92. The summed E-state index contributed by atoms with van der Waals surface area (Å²) in [5, 5.41) is 0. The van der Waals surface area contributed by atoms with Crippen molar-refractivity contribution < 1.29 is 57.1 Å². The van der Waals surface area contributed by atoms with Gasteiger partial charge in [-0.3, -0.25) is 0 Å². The highest BCUT2D eigenvalue weighted by Crippen LogP contribution is 1.99. The summed E-state index contributed by atoms with van der Waals surface area (Å²) in [6.45, 7) is 18.2. The quantitative estimate of drug-likeness (QED) is 0.0191. The molecular weight excluding hydrogens is 769 g/mol. The van der Waals surface area contributed by atoms with Gasteiger partial charge in [-0.2, -0.15) is 0 Å². The lowest BCUT2D eigenvalue weighted by Crippen LogP contribution is -2.11. The van der Waals surface area contributed by atoms with Crippen LogP contribution in [0.4, 0.5) is 0 Å². The summed E-state index contributed by atoms with van der Waals surface area (Å²) >= 11 is 0. The van der Waals surface area contributed by atoms with Crippen LogP contribution >= 0.6 is 0 Å². The summed E-state index contributed by atoms with van der Waals surface area (Å²) in [5.74, 6) is -2.47. The number of allylic oxidation sites excluding steroid dienone is 8. The molecule has 0 aliphatic carbocycles. The average Bonchev–Trinajstić information content (AvgIpc) is 3.25. The van der Waals surface area contributed by atoms with E-state index in [0.717, 1.165) is 101 Å². The molecule has 0 bridgehead atoms. The molecule has 12 nitrogen and oxygen atoms in total. The predicted molar refractivity (Wildman–Crippen MR) is 238 cm³/mol. The molecule has 60 heavy (non-hydrogen) atoms. The van der Waals surface area contributed by atoms with E-state index < -0.39 is 23.9 Å². The van der Waals surface area contributed by atoms with Crippen LogP contribution in [0.3, 0.4) is 0 Å². The first kappa shape index (κ1) is 57.2. The van der Waals surface area contributed by atoms with E-state index in [-0.39, 0.29) is 26.4 Å². The summed E-state index contributed by atoms with van der Waals surface area (Å²) in [6, 6.07) is 0. The van der Waals surface area contributed by atoms with Crippen LogP contribution in [0.2, 0.25) is 0 Å². The summed E-state index contributed by atoms with van der Waals surface area (Å²) in [6.07, 6.45) is 40.0. The second-order valence-corrected chi connectivity index (χ2v) is 12.4. The van der Waals surface area contributed by atoms with Crippen LogP contribution in [0.15, 0.2) is 124 Å². The van der Waals surface area contributed by atoms with Crippen LogP contribution in [-0.2, 0) is 57.1 Å². The smallest absolute Gasteiger partial charge is 0.331 e. The molecular formula is C48H72O12. The van der Waals surface area contributed by atoms with Crippen molar-refractivity contribution in [3.05, 3.63) is 124 Å². The van der Waals surface area contributed by atoms with Crippen LogP contribution in [0.5, 0.6) is 0 Å². The monoisotopic (exact) mass is 841 g/mol. The molecule has 0 atom stereocenters. The lowest BCUT2D eigenvalue weighted by molar-refractivity contribution is -0.141. The van der Waals surface area contributed by atoms with Crippen LogP contribution < -0.4 is 0 Å². The van der Waals surface area contributed by atoms with E-state index in [0.29, 0.717) is 52.9 Å². The Kier molecular flexibility index (Phi) is 47.9. The molecule has 0 spiro atoms. The predicted octanol–water partition coefficient (Wildman–Crippen LogP) is 8.97. The maximum Gasteiger partial charge on any atom is 0.331 e. The molecule has 0 heterocycles. The van der Waals surface area contributed by atoms with Gasteiger partial charge in [0.05, 0.1) is 52.9 Å².